The third-order valence-electron chi connectivity index (χ3n) is 5.01. The maximum absolute atomic E-state index is 12.6. The number of carbonyl (C=O) groups excluding carboxylic acids is 1. The van der Waals surface area contributed by atoms with Crippen LogP contribution in [0.4, 0.5) is 5.13 Å². The predicted octanol–water partition coefficient (Wildman–Crippen LogP) is 6.56. The van der Waals surface area contributed by atoms with Gasteiger partial charge in [0, 0.05) is 11.0 Å². The van der Waals surface area contributed by atoms with Gasteiger partial charge in [-0.05, 0) is 41.1 Å². The first-order chi connectivity index (χ1) is 17.7. The van der Waals surface area contributed by atoms with E-state index in [1.54, 1.807) is 6.07 Å². The summed E-state index contributed by atoms with van der Waals surface area (Å²) in [5.74, 6) is 0.520. The number of hydrogen-bond donors (Lipinski definition) is 1. The molecular weight excluding hydrogens is 492 g/mol. The van der Waals surface area contributed by atoms with E-state index in [0.29, 0.717) is 21.6 Å². The molecule has 0 bridgehead atoms. The lowest BCUT2D eigenvalue weighted by atomic mass is 10.1. The van der Waals surface area contributed by atoms with Crippen molar-refractivity contribution >= 4 is 51.0 Å². The molecule has 0 saturated carbocycles. The van der Waals surface area contributed by atoms with Gasteiger partial charge in [-0.15, -0.1) is 10.2 Å². The normalized spacial score (nSPS) is 11.2. The van der Waals surface area contributed by atoms with Crippen molar-refractivity contribution < 1.29 is 13.9 Å². The first kappa shape index (κ1) is 23.4. The number of ether oxygens (including phenoxy) is 1. The van der Waals surface area contributed by atoms with Crippen molar-refractivity contribution in [2.24, 2.45) is 0 Å². The molecule has 0 aliphatic heterocycles. The van der Waals surface area contributed by atoms with Crippen LogP contribution in [0.3, 0.4) is 0 Å². The van der Waals surface area contributed by atoms with Crippen molar-refractivity contribution in [3.8, 4) is 11.8 Å². The van der Waals surface area contributed by atoms with Gasteiger partial charge < -0.3 is 9.15 Å². The Hall–Kier alpha value is -4.39. The van der Waals surface area contributed by atoms with Gasteiger partial charge in [-0.1, -0.05) is 77.7 Å². The third-order valence-corrected chi connectivity index (χ3v) is 6.82. The molecule has 5 rings (SSSR count). The van der Waals surface area contributed by atoms with Crippen LogP contribution in [0.2, 0.25) is 0 Å². The fraction of sp³-hybridized carbons (Fsp3) is 0.0370. The van der Waals surface area contributed by atoms with Crippen molar-refractivity contribution in [1.29, 1.82) is 5.26 Å². The van der Waals surface area contributed by atoms with E-state index < -0.39 is 5.91 Å². The molecule has 0 saturated heterocycles. The summed E-state index contributed by atoms with van der Waals surface area (Å²) in [5, 5.41) is 23.9. The number of carbonyl (C=O) groups is 1. The van der Waals surface area contributed by atoms with E-state index in [1.807, 2.05) is 66.7 Å². The minimum absolute atomic E-state index is 0.108. The van der Waals surface area contributed by atoms with Gasteiger partial charge in [-0.2, -0.15) is 5.26 Å². The van der Waals surface area contributed by atoms with Crippen LogP contribution in [-0.2, 0) is 11.4 Å². The number of furan rings is 1. The van der Waals surface area contributed by atoms with Gasteiger partial charge in [-0.25, -0.2) is 0 Å². The Morgan fingerprint density at radius 2 is 1.83 bits per heavy atom. The Bertz CT molecular complexity index is 1580. The number of amides is 1. The van der Waals surface area contributed by atoms with Crippen LogP contribution in [0.15, 0.2) is 105 Å². The lowest BCUT2D eigenvalue weighted by molar-refractivity contribution is -0.112. The molecule has 0 atom stereocenters. The molecule has 176 valence electrons. The topological polar surface area (TPSA) is 101 Å². The van der Waals surface area contributed by atoms with Crippen molar-refractivity contribution in [3.05, 3.63) is 101 Å². The number of nitrogens with one attached hydrogen (secondary N) is 1. The third kappa shape index (κ3) is 5.63. The van der Waals surface area contributed by atoms with Crippen molar-refractivity contribution in [2.75, 3.05) is 5.32 Å². The summed E-state index contributed by atoms with van der Waals surface area (Å²) in [5.41, 5.74) is -0.108. The zero-order valence-electron chi connectivity index (χ0n) is 18.8. The molecule has 7 nitrogen and oxygen atoms in total. The number of benzene rings is 3. The lowest BCUT2D eigenvalue weighted by Gasteiger charge is -2.04. The Morgan fingerprint density at radius 1 is 1.03 bits per heavy atom. The largest absolute Gasteiger partial charge is 0.486 e. The Balaban J connectivity index is 1.23. The Labute approximate surface area is 215 Å². The van der Waals surface area contributed by atoms with E-state index in [4.69, 9.17) is 9.15 Å². The van der Waals surface area contributed by atoms with Crippen molar-refractivity contribution in [2.45, 2.75) is 16.6 Å². The average Bonchev–Trinajstić information content (AvgIpc) is 3.56. The summed E-state index contributed by atoms with van der Waals surface area (Å²) in [6, 6.07) is 29.0. The van der Waals surface area contributed by atoms with Gasteiger partial charge in [0.1, 0.15) is 29.8 Å². The second-order valence-corrected chi connectivity index (χ2v) is 9.57. The maximum Gasteiger partial charge on any atom is 0.268 e. The van der Waals surface area contributed by atoms with Crippen LogP contribution in [0.5, 0.6) is 5.75 Å². The van der Waals surface area contributed by atoms with E-state index in [1.165, 1.54) is 29.2 Å². The summed E-state index contributed by atoms with van der Waals surface area (Å²) in [6.07, 6.45) is 1.41. The van der Waals surface area contributed by atoms with E-state index in [2.05, 4.69) is 33.7 Å². The van der Waals surface area contributed by atoms with Crippen LogP contribution >= 0.6 is 23.1 Å². The highest BCUT2D eigenvalue weighted by Crippen LogP contribution is 2.34. The zero-order chi connectivity index (χ0) is 24.7. The molecule has 36 heavy (non-hydrogen) atoms. The van der Waals surface area contributed by atoms with E-state index in [0.717, 1.165) is 15.7 Å². The first-order valence-corrected chi connectivity index (χ1v) is 12.5. The highest BCUT2D eigenvalue weighted by atomic mass is 32.2. The number of anilines is 1. The number of fused-ring (bicyclic) bond motifs is 1. The van der Waals surface area contributed by atoms with Crippen LogP contribution < -0.4 is 10.1 Å². The molecule has 5 aromatic rings. The summed E-state index contributed by atoms with van der Waals surface area (Å²) in [4.78, 5) is 13.7. The monoisotopic (exact) mass is 510 g/mol. The van der Waals surface area contributed by atoms with Gasteiger partial charge in [-0.3, -0.25) is 10.1 Å². The quantitative estimate of drug-likeness (QED) is 0.186. The molecule has 3 aromatic carbocycles. The van der Waals surface area contributed by atoms with Crippen LogP contribution in [0.25, 0.3) is 16.8 Å². The summed E-state index contributed by atoms with van der Waals surface area (Å²) in [7, 11) is 0. The second-order valence-electron chi connectivity index (χ2n) is 7.46. The molecule has 0 unspecified atom stereocenters. The minimum atomic E-state index is -0.594. The van der Waals surface area contributed by atoms with Gasteiger partial charge in [0.15, 0.2) is 10.1 Å². The Morgan fingerprint density at radius 3 is 2.69 bits per heavy atom. The predicted molar refractivity (Wildman–Crippen MR) is 140 cm³/mol. The fourth-order valence-corrected chi connectivity index (χ4v) is 4.92. The summed E-state index contributed by atoms with van der Waals surface area (Å²) >= 11 is 2.66. The molecule has 0 radical (unpaired) electrons. The second kappa shape index (κ2) is 10.9. The molecule has 9 heteroatoms. The van der Waals surface area contributed by atoms with Crippen LogP contribution in [0.1, 0.15) is 10.8 Å². The number of aromatic nitrogens is 2. The molecule has 2 heterocycles. The van der Waals surface area contributed by atoms with E-state index in [-0.39, 0.29) is 17.3 Å². The molecular formula is C27H18N4O3S2. The van der Waals surface area contributed by atoms with Gasteiger partial charge in [0.2, 0.25) is 5.13 Å². The molecule has 0 aliphatic carbocycles. The Kier molecular flexibility index (Phi) is 7.07. The van der Waals surface area contributed by atoms with Gasteiger partial charge in [0.25, 0.3) is 5.91 Å². The highest BCUT2D eigenvalue weighted by Gasteiger charge is 2.15. The van der Waals surface area contributed by atoms with Crippen molar-refractivity contribution in [3.63, 3.8) is 0 Å². The molecule has 0 aliphatic rings. The number of para-hydroxylation sites is 1. The fourth-order valence-electron chi connectivity index (χ4n) is 3.34. The average molecular weight is 511 g/mol. The summed E-state index contributed by atoms with van der Waals surface area (Å²) in [6.45, 7) is 0.224. The number of rotatable bonds is 8. The van der Waals surface area contributed by atoms with Gasteiger partial charge >= 0.3 is 0 Å². The summed E-state index contributed by atoms with van der Waals surface area (Å²) < 4.78 is 11.5. The lowest BCUT2D eigenvalue weighted by Crippen LogP contribution is -2.13. The molecule has 1 N–H and O–H groups in total. The van der Waals surface area contributed by atoms with Gasteiger partial charge in [0.05, 0.1) is 0 Å². The highest BCUT2D eigenvalue weighted by molar-refractivity contribution is 7.99. The van der Waals surface area contributed by atoms with Crippen molar-refractivity contribution in [1.82, 2.24) is 10.2 Å². The zero-order valence-corrected chi connectivity index (χ0v) is 20.4. The standard InChI is InChI=1S/C27H18N4O3S2/c28-16-19(26(32)29-27-31-30-24(36-27)17-33-20-9-2-1-3-10-20)15-21-13-14-25(34-21)35-23-12-6-8-18-7-4-5-11-22(18)23/h1-15H,17H2,(H,29,31,32)/b19-15-. The smallest absolute Gasteiger partial charge is 0.268 e. The van der Waals surface area contributed by atoms with Crippen LogP contribution in [-0.4, -0.2) is 16.1 Å². The van der Waals surface area contributed by atoms with Crippen LogP contribution in [0, 0.1) is 11.3 Å². The molecule has 0 spiro atoms. The molecule has 2 aromatic heterocycles. The minimum Gasteiger partial charge on any atom is -0.486 e. The van der Waals surface area contributed by atoms with E-state index >= 15 is 0 Å². The molecule has 1 amide bonds. The SMILES string of the molecule is N#C/C(=C/c1ccc(Sc2cccc3ccccc23)o1)C(=O)Nc1nnc(COc2ccccc2)s1. The number of nitriles is 1. The molecule has 0 fully saturated rings. The number of hydrogen-bond acceptors (Lipinski definition) is 8. The van der Waals surface area contributed by atoms with E-state index in [9.17, 15) is 10.1 Å². The maximum atomic E-state index is 12.6. The first-order valence-electron chi connectivity index (χ1n) is 10.9. The number of nitrogens with zero attached hydrogens (tertiary/aromatic N) is 3.